The average molecular weight is 456 g/mol. The number of thioether (sulfide) groups is 1. The number of carbonyl (C=O) groups excluding carboxylic acids is 4. The molecule has 154 valence electrons. The Morgan fingerprint density at radius 1 is 1.21 bits per heavy atom. The van der Waals surface area contributed by atoms with Gasteiger partial charge in [-0.3, -0.25) is 24.1 Å². The Morgan fingerprint density at radius 2 is 1.86 bits per heavy atom. The van der Waals surface area contributed by atoms with Crippen molar-refractivity contribution in [3.63, 3.8) is 0 Å². The van der Waals surface area contributed by atoms with Crippen LogP contribution in [0.4, 0.5) is 4.79 Å². The van der Waals surface area contributed by atoms with Crippen LogP contribution in [0.15, 0.2) is 28.7 Å². The van der Waals surface area contributed by atoms with E-state index in [-0.39, 0.29) is 12.3 Å². The molecule has 0 bridgehead atoms. The Kier molecular flexibility index (Phi) is 6.55. The van der Waals surface area contributed by atoms with Gasteiger partial charge in [-0.15, -0.1) is 0 Å². The van der Waals surface area contributed by atoms with Crippen molar-refractivity contribution < 1.29 is 19.2 Å². The molecule has 0 aromatic heterocycles. The lowest BCUT2D eigenvalue weighted by atomic mass is 10.0. The van der Waals surface area contributed by atoms with E-state index in [9.17, 15) is 19.2 Å². The van der Waals surface area contributed by atoms with Gasteiger partial charge in [-0.2, -0.15) is 0 Å². The molecule has 10 heteroatoms. The second-order valence-electron chi connectivity index (χ2n) is 6.72. The van der Waals surface area contributed by atoms with Gasteiger partial charge in [-0.1, -0.05) is 30.1 Å². The van der Waals surface area contributed by atoms with E-state index in [2.05, 4.69) is 0 Å². The van der Waals surface area contributed by atoms with Crippen LogP contribution in [0.1, 0.15) is 36.5 Å². The van der Waals surface area contributed by atoms with E-state index in [4.69, 9.17) is 28.9 Å². The second kappa shape index (κ2) is 8.77. The molecule has 3 rings (SSSR count). The van der Waals surface area contributed by atoms with Gasteiger partial charge in [0.05, 0.1) is 15.5 Å². The lowest BCUT2D eigenvalue weighted by molar-refractivity contribution is -0.132. The highest BCUT2D eigenvalue weighted by molar-refractivity contribution is 8.18. The van der Waals surface area contributed by atoms with Crippen LogP contribution >= 0.6 is 35.0 Å². The lowest BCUT2D eigenvalue weighted by Crippen LogP contribution is -2.46. The quantitative estimate of drug-likeness (QED) is 0.700. The van der Waals surface area contributed by atoms with E-state index in [1.54, 1.807) is 24.0 Å². The normalized spacial score (nSPS) is 18.4. The largest absolute Gasteiger partial charge is 0.368 e. The Morgan fingerprint density at radius 3 is 2.45 bits per heavy atom. The van der Waals surface area contributed by atoms with E-state index < -0.39 is 23.1 Å². The monoisotopic (exact) mass is 455 g/mol. The number of imide groups is 1. The maximum absolute atomic E-state index is 12.8. The van der Waals surface area contributed by atoms with Crippen LogP contribution in [0.3, 0.4) is 0 Å². The predicted octanol–water partition coefficient (Wildman–Crippen LogP) is 3.44. The van der Waals surface area contributed by atoms with Crippen molar-refractivity contribution in [2.75, 3.05) is 13.1 Å². The molecule has 2 aliphatic heterocycles. The molecule has 29 heavy (non-hydrogen) atoms. The number of hydrogen-bond donors (Lipinski definition) is 1. The van der Waals surface area contributed by atoms with Crippen molar-refractivity contribution >= 4 is 57.9 Å². The summed E-state index contributed by atoms with van der Waals surface area (Å²) in [4.78, 5) is 52.3. The van der Waals surface area contributed by atoms with Crippen LogP contribution in [-0.2, 0) is 9.59 Å². The van der Waals surface area contributed by atoms with Crippen LogP contribution in [0.2, 0.25) is 10.0 Å². The maximum atomic E-state index is 12.8. The summed E-state index contributed by atoms with van der Waals surface area (Å²) in [5.74, 6) is -1.43. The second-order valence-corrected chi connectivity index (χ2v) is 8.52. The third-order valence-electron chi connectivity index (χ3n) is 4.96. The fraction of sp³-hybridized carbons (Fsp3) is 0.368. The molecule has 1 aromatic carbocycles. The molecular weight excluding hydrogens is 437 g/mol. The molecule has 0 saturated carbocycles. The lowest BCUT2D eigenvalue weighted by Gasteiger charge is -2.29. The van der Waals surface area contributed by atoms with E-state index in [1.165, 1.54) is 6.07 Å². The number of halogens is 2. The SMILES string of the molecule is CCC(C(N)=O)N1C(=O)SC(=C2CCN(C(=O)c3cc(Cl)ccc3Cl)CC2)C1=O. The minimum Gasteiger partial charge on any atom is -0.368 e. The third kappa shape index (κ3) is 4.29. The number of amides is 4. The number of nitrogens with zero attached hydrogens (tertiary/aromatic N) is 2. The number of primary amides is 1. The molecule has 1 unspecified atom stereocenters. The molecule has 1 aromatic rings. The van der Waals surface area contributed by atoms with Crippen molar-refractivity contribution in [3.05, 3.63) is 44.3 Å². The smallest absolute Gasteiger partial charge is 0.294 e. The van der Waals surface area contributed by atoms with Crippen molar-refractivity contribution in [2.45, 2.75) is 32.2 Å². The molecule has 2 aliphatic rings. The van der Waals surface area contributed by atoms with Gasteiger partial charge < -0.3 is 10.6 Å². The highest BCUT2D eigenvalue weighted by atomic mass is 35.5. The first kappa shape index (κ1) is 21.7. The zero-order valence-electron chi connectivity index (χ0n) is 15.6. The number of piperidine rings is 1. The summed E-state index contributed by atoms with van der Waals surface area (Å²) in [6, 6.07) is 3.76. The Bertz CT molecular complexity index is 924. The van der Waals surface area contributed by atoms with E-state index >= 15 is 0 Å². The third-order valence-corrected chi connectivity index (χ3v) is 6.56. The number of rotatable bonds is 4. The summed E-state index contributed by atoms with van der Waals surface area (Å²) in [6.07, 6.45) is 1.16. The zero-order chi connectivity index (χ0) is 21.3. The van der Waals surface area contributed by atoms with Gasteiger partial charge in [0.2, 0.25) is 5.91 Å². The van der Waals surface area contributed by atoms with Crippen molar-refractivity contribution in [3.8, 4) is 0 Å². The van der Waals surface area contributed by atoms with E-state index in [0.717, 1.165) is 22.2 Å². The summed E-state index contributed by atoms with van der Waals surface area (Å²) < 4.78 is 0. The van der Waals surface area contributed by atoms with Gasteiger partial charge in [0.15, 0.2) is 0 Å². The van der Waals surface area contributed by atoms with E-state index in [0.29, 0.717) is 46.4 Å². The molecule has 7 nitrogen and oxygen atoms in total. The van der Waals surface area contributed by atoms with E-state index in [1.807, 2.05) is 0 Å². The summed E-state index contributed by atoms with van der Waals surface area (Å²) in [6.45, 7) is 2.46. The molecule has 4 amide bonds. The summed E-state index contributed by atoms with van der Waals surface area (Å²) in [7, 11) is 0. The number of nitrogens with two attached hydrogens (primary N) is 1. The first-order chi connectivity index (χ1) is 13.7. The topological polar surface area (TPSA) is 101 Å². The minimum atomic E-state index is -0.952. The van der Waals surface area contributed by atoms with Crippen molar-refractivity contribution in [1.82, 2.24) is 9.80 Å². The Labute approximate surface area is 182 Å². The van der Waals surface area contributed by atoms with Crippen molar-refractivity contribution in [1.29, 1.82) is 0 Å². The Hall–Kier alpha value is -2.03. The molecule has 1 atom stereocenters. The molecule has 2 N–H and O–H groups in total. The molecule has 2 saturated heterocycles. The molecule has 0 aliphatic carbocycles. The fourth-order valence-corrected chi connectivity index (χ4v) is 4.80. The van der Waals surface area contributed by atoms with Gasteiger partial charge >= 0.3 is 0 Å². The van der Waals surface area contributed by atoms with Gasteiger partial charge in [-0.25, -0.2) is 0 Å². The summed E-state index contributed by atoms with van der Waals surface area (Å²) in [5, 5.41) is 0.250. The zero-order valence-corrected chi connectivity index (χ0v) is 17.9. The minimum absolute atomic E-state index is 0.232. The average Bonchev–Trinajstić information content (AvgIpc) is 2.98. The van der Waals surface area contributed by atoms with Gasteiger partial charge in [0, 0.05) is 18.1 Å². The Balaban J connectivity index is 1.75. The molecule has 2 heterocycles. The van der Waals surface area contributed by atoms with Crippen LogP contribution < -0.4 is 5.73 Å². The number of benzene rings is 1. The van der Waals surface area contributed by atoms with Crippen LogP contribution in [0.25, 0.3) is 0 Å². The molecule has 0 radical (unpaired) electrons. The standard InChI is InChI=1S/C19H19Cl2N3O4S/c1-2-14(16(22)25)24-18(27)15(29-19(24)28)10-5-7-23(8-6-10)17(26)12-9-11(20)3-4-13(12)21/h3-4,9,14H,2,5-8H2,1H3,(H2,22,25). The highest BCUT2D eigenvalue weighted by Crippen LogP contribution is 2.38. The predicted molar refractivity (Wildman–Crippen MR) is 112 cm³/mol. The van der Waals surface area contributed by atoms with Crippen molar-refractivity contribution in [2.24, 2.45) is 5.73 Å². The summed E-state index contributed by atoms with van der Waals surface area (Å²) >= 11 is 12.9. The maximum Gasteiger partial charge on any atom is 0.294 e. The fourth-order valence-electron chi connectivity index (χ4n) is 3.41. The number of hydrogen-bond acceptors (Lipinski definition) is 5. The molecular formula is C19H19Cl2N3O4S. The summed E-state index contributed by atoms with van der Waals surface area (Å²) in [5.41, 5.74) is 6.46. The van der Waals surface area contributed by atoms with Gasteiger partial charge in [-0.05, 0) is 54.8 Å². The van der Waals surface area contributed by atoms with Gasteiger partial charge in [0.1, 0.15) is 6.04 Å². The first-order valence-electron chi connectivity index (χ1n) is 9.05. The number of carbonyl (C=O) groups is 4. The van der Waals surface area contributed by atoms with Crippen LogP contribution in [-0.4, -0.2) is 51.9 Å². The highest BCUT2D eigenvalue weighted by Gasteiger charge is 2.43. The first-order valence-corrected chi connectivity index (χ1v) is 10.6. The van der Waals surface area contributed by atoms with Crippen LogP contribution in [0.5, 0.6) is 0 Å². The molecule has 0 spiro atoms. The van der Waals surface area contributed by atoms with Gasteiger partial charge in [0.25, 0.3) is 17.1 Å². The molecule has 2 fully saturated rings. The number of likely N-dealkylation sites (tertiary alicyclic amines) is 1. The van der Waals surface area contributed by atoms with Crippen LogP contribution in [0, 0.1) is 0 Å².